The molecule has 0 aromatic carbocycles. The lowest BCUT2D eigenvalue weighted by atomic mass is 10.2. The van der Waals surface area contributed by atoms with Crippen molar-refractivity contribution in [3.8, 4) is 0 Å². The van der Waals surface area contributed by atoms with Crippen molar-refractivity contribution in [2.45, 2.75) is 26.7 Å². The fourth-order valence-corrected chi connectivity index (χ4v) is 0.578. The monoisotopic (exact) mass is 140 g/mol. The van der Waals surface area contributed by atoms with Crippen LogP contribution in [-0.2, 0) is 0 Å². The van der Waals surface area contributed by atoms with Gasteiger partial charge in [0.1, 0.15) is 0 Å². The molecule has 0 aliphatic rings. The maximum Gasteiger partial charge on any atom is 0.0253 e. The summed E-state index contributed by atoms with van der Waals surface area (Å²) in [7, 11) is 0. The molecule has 0 rings (SSSR count). The maximum absolute atomic E-state index is 5.34. The Hall–Kier alpha value is -0.630. The molecule has 2 N–H and O–H groups in total. The molecule has 0 aliphatic heterocycles. The van der Waals surface area contributed by atoms with Gasteiger partial charge in [0.15, 0.2) is 0 Å². The molecule has 0 spiro atoms. The Morgan fingerprint density at radius 2 is 2.30 bits per heavy atom. The normalized spacial score (nSPS) is 12.9. The lowest BCUT2D eigenvalue weighted by molar-refractivity contribution is 0.945. The van der Waals surface area contributed by atoms with Gasteiger partial charge in [-0.2, -0.15) is 0 Å². The van der Waals surface area contributed by atoms with Crippen LogP contribution in [0.2, 0.25) is 0 Å². The lowest BCUT2D eigenvalue weighted by Gasteiger charge is -1.92. The summed E-state index contributed by atoms with van der Waals surface area (Å²) in [6.07, 6.45) is 5.70. The zero-order valence-electron chi connectivity index (χ0n) is 6.80. The molecule has 0 aromatic heterocycles. The fraction of sp³-hybridized carbons (Fsp3) is 0.625. The minimum absolute atomic E-state index is 0.712. The van der Waals surface area contributed by atoms with Crippen molar-refractivity contribution >= 4 is 6.21 Å². The van der Waals surface area contributed by atoms with E-state index in [1.54, 1.807) is 0 Å². The van der Waals surface area contributed by atoms with E-state index in [-0.39, 0.29) is 0 Å². The third-order valence-electron chi connectivity index (χ3n) is 1.12. The zero-order valence-corrected chi connectivity index (χ0v) is 6.80. The number of aliphatic imine (C=N–C) groups is 1. The van der Waals surface area contributed by atoms with Crippen molar-refractivity contribution in [1.82, 2.24) is 0 Å². The van der Waals surface area contributed by atoms with E-state index >= 15 is 0 Å². The van der Waals surface area contributed by atoms with Gasteiger partial charge in [-0.3, -0.25) is 4.99 Å². The standard InChI is InChI=1S/C8H16N2/c1-3-6-10-7-8(2)4-5-9/h6-7H,3-5,9H2,1-2H3/b8-7+,10-6?. The highest BCUT2D eigenvalue weighted by molar-refractivity contribution is 5.57. The van der Waals surface area contributed by atoms with Crippen molar-refractivity contribution in [2.24, 2.45) is 10.7 Å². The second-order valence-electron chi connectivity index (χ2n) is 2.25. The minimum Gasteiger partial charge on any atom is -0.330 e. The van der Waals surface area contributed by atoms with E-state index in [2.05, 4.69) is 11.9 Å². The molecule has 0 saturated carbocycles. The maximum atomic E-state index is 5.34. The Bertz CT molecular complexity index is 125. The van der Waals surface area contributed by atoms with Crippen LogP contribution in [0.15, 0.2) is 16.8 Å². The van der Waals surface area contributed by atoms with E-state index in [1.807, 2.05) is 19.3 Å². The van der Waals surface area contributed by atoms with Crippen LogP contribution in [-0.4, -0.2) is 12.8 Å². The van der Waals surface area contributed by atoms with Crippen LogP contribution in [0.5, 0.6) is 0 Å². The van der Waals surface area contributed by atoms with Crippen molar-refractivity contribution in [3.63, 3.8) is 0 Å². The highest BCUT2D eigenvalue weighted by Crippen LogP contribution is 1.96. The molecule has 0 bridgehead atoms. The predicted octanol–water partition coefficient (Wildman–Crippen LogP) is 1.72. The first-order chi connectivity index (χ1) is 4.81. The summed E-state index contributed by atoms with van der Waals surface area (Å²) in [6, 6.07) is 0. The molecular weight excluding hydrogens is 124 g/mol. The summed E-state index contributed by atoms with van der Waals surface area (Å²) >= 11 is 0. The molecule has 0 fully saturated rings. The van der Waals surface area contributed by atoms with Gasteiger partial charge in [-0.1, -0.05) is 12.5 Å². The molecule has 0 atom stereocenters. The molecule has 58 valence electrons. The van der Waals surface area contributed by atoms with Crippen LogP contribution in [0.4, 0.5) is 0 Å². The van der Waals surface area contributed by atoms with Gasteiger partial charge in [0.05, 0.1) is 0 Å². The summed E-state index contributed by atoms with van der Waals surface area (Å²) in [5, 5.41) is 0. The predicted molar refractivity (Wildman–Crippen MR) is 46.2 cm³/mol. The summed E-state index contributed by atoms with van der Waals surface area (Å²) in [6.45, 7) is 4.82. The lowest BCUT2D eigenvalue weighted by Crippen LogP contribution is -1.98. The molecule has 2 heteroatoms. The highest BCUT2D eigenvalue weighted by Gasteiger charge is 1.82. The quantitative estimate of drug-likeness (QED) is 0.593. The van der Waals surface area contributed by atoms with E-state index < -0.39 is 0 Å². The molecule has 0 radical (unpaired) electrons. The van der Waals surface area contributed by atoms with E-state index in [0.717, 1.165) is 12.8 Å². The first-order valence-corrected chi connectivity index (χ1v) is 3.68. The Balaban J connectivity index is 3.56. The molecule has 0 unspecified atom stereocenters. The van der Waals surface area contributed by atoms with Crippen molar-refractivity contribution in [2.75, 3.05) is 6.54 Å². The summed E-state index contributed by atoms with van der Waals surface area (Å²) in [5.74, 6) is 0. The zero-order chi connectivity index (χ0) is 7.82. The smallest absolute Gasteiger partial charge is 0.0253 e. The van der Waals surface area contributed by atoms with Crippen LogP contribution in [0, 0.1) is 0 Å². The van der Waals surface area contributed by atoms with E-state index in [4.69, 9.17) is 5.73 Å². The van der Waals surface area contributed by atoms with Crippen LogP contribution < -0.4 is 5.73 Å². The number of hydrogen-bond acceptors (Lipinski definition) is 2. The van der Waals surface area contributed by atoms with Crippen LogP contribution in [0.3, 0.4) is 0 Å². The van der Waals surface area contributed by atoms with Gasteiger partial charge in [-0.15, -0.1) is 0 Å². The summed E-state index contributed by atoms with van der Waals surface area (Å²) in [5.41, 5.74) is 6.58. The molecule has 0 aliphatic carbocycles. The Morgan fingerprint density at radius 3 is 2.80 bits per heavy atom. The third-order valence-corrected chi connectivity index (χ3v) is 1.12. The van der Waals surface area contributed by atoms with Gasteiger partial charge < -0.3 is 5.73 Å². The molecule has 10 heavy (non-hydrogen) atoms. The van der Waals surface area contributed by atoms with E-state index in [0.29, 0.717) is 6.54 Å². The average molecular weight is 140 g/mol. The van der Waals surface area contributed by atoms with Crippen LogP contribution >= 0.6 is 0 Å². The molecule has 0 heterocycles. The Kier molecular flexibility index (Phi) is 6.08. The van der Waals surface area contributed by atoms with Gasteiger partial charge in [-0.25, -0.2) is 0 Å². The molecule has 0 saturated heterocycles. The second-order valence-corrected chi connectivity index (χ2v) is 2.25. The minimum atomic E-state index is 0.712. The largest absolute Gasteiger partial charge is 0.330 e. The fourth-order valence-electron chi connectivity index (χ4n) is 0.578. The molecule has 0 amide bonds. The second kappa shape index (κ2) is 6.49. The van der Waals surface area contributed by atoms with Gasteiger partial charge in [0, 0.05) is 12.4 Å². The number of nitrogens with two attached hydrogens (primary N) is 1. The van der Waals surface area contributed by atoms with E-state index in [1.165, 1.54) is 5.57 Å². The summed E-state index contributed by atoms with van der Waals surface area (Å²) in [4.78, 5) is 4.07. The third kappa shape index (κ3) is 5.51. The summed E-state index contributed by atoms with van der Waals surface area (Å²) < 4.78 is 0. The Morgan fingerprint density at radius 1 is 1.60 bits per heavy atom. The SMILES string of the molecule is CCC=N/C=C(\C)CCN. The molecular formula is C8H16N2. The molecule has 2 nitrogen and oxygen atoms in total. The van der Waals surface area contributed by atoms with Crippen molar-refractivity contribution in [3.05, 3.63) is 11.8 Å². The van der Waals surface area contributed by atoms with Crippen molar-refractivity contribution < 1.29 is 0 Å². The van der Waals surface area contributed by atoms with Gasteiger partial charge in [0.25, 0.3) is 0 Å². The first kappa shape index (κ1) is 9.37. The topological polar surface area (TPSA) is 38.4 Å². The average Bonchev–Trinajstić information content (AvgIpc) is 1.89. The molecule has 0 aromatic rings. The highest BCUT2D eigenvalue weighted by atomic mass is 14.7. The van der Waals surface area contributed by atoms with Crippen LogP contribution in [0.1, 0.15) is 26.7 Å². The number of hydrogen-bond donors (Lipinski definition) is 1. The van der Waals surface area contributed by atoms with Gasteiger partial charge in [0.2, 0.25) is 0 Å². The number of nitrogens with zero attached hydrogens (tertiary/aromatic N) is 1. The van der Waals surface area contributed by atoms with Crippen LogP contribution in [0.25, 0.3) is 0 Å². The Labute approximate surface area is 62.8 Å². The van der Waals surface area contributed by atoms with Gasteiger partial charge >= 0.3 is 0 Å². The van der Waals surface area contributed by atoms with Gasteiger partial charge in [-0.05, 0) is 26.3 Å². The van der Waals surface area contributed by atoms with Crippen molar-refractivity contribution in [1.29, 1.82) is 0 Å². The number of rotatable bonds is 4. The van der Waals surface area contributed by atoms with E-state index in [9.17, 15) is 0 Å². The first-order valence-electron chi connectivity index (χ1n) is 3.68.